The number of nitrogens with zero attached hydrogens (tertiary/aromatic N) is 2. The largest absolute Gasteiger partial charge is 0.396 e. The zero-order valence-electron chi connectivity index (χ0n) is 11.0. The van der Waals surface area contributed by atoms with Gasteiger partial charge in [0.1, 0.15) is 5.69 Å². The lowest BCUT2D eigenvalue weighted by atomic mass is 10.1. The third-order valence-electron chi connectivity index (χ3n) is 3.02. The van der Waals surface area contributed by atoms with Crippen LogP contribution in [0.25, 0.3) is 10.6 Å². The van der Waals surface area contributed by atoms with Gasteiger partial charge >= 0.3 is 0 Å². The van der Waals surface area contributed by atoms with Crippen LogP contribution in [0.2, 0.25) is 4.34 Å². The fraction of sp³-hybridized carbons (Fsp3) is 0.133. The summed E-state index contributed by atoms with van der Waals surface area (Å²) in [6.07, 6.45) is 1.87. The highest BCUT2D eigenvalue weighted by atomic mass is 35.5. The maximum atomic E-state index is 6.05. The van der Waals surface area contributed by atoms with Crippen LogP contribution in [0.5, 0.6) is 0 Å². The first-order valence-electron chi connectivity index (χ1n) is 6.26. The molecule has 3 nitrogen and oxygen atoms in total. The molecule has 3 aromatic rings. The lowest BCUT2D eigenvalue weighted by molar-refractivity contribution is 0.689. The fourth-order valence-corrected chi connectivity index (χ4v) is 3.20. The molecule has 2 heterocycles. The number of anilines is 1. The van der Waals surface area contributed by atoms with Crippen LogP contribution in [0.4, 0.5) is 5.69 Å². The Hall–Kier alpha value is -1.78. The molecule has 0 aliphatic rings. The van der Waals surface area contributed by atoms with E-state index in [1.54, 1.807) is 0 Å². The molecule has 0 saturated carbocycles. The van der Waals surface area contributed by atoms with Gasteiger partial charge in [-0.05, 0) is 24.6 Å². The molecule has 0 spiro atoms. The van der Waals surface area contributed by atoms with Crippen LogP contribution in [0, 0.1) is 6.92 Å². The van der Waals surface area contributed by atoms with E-state index in [4.69, 9.17) is 17.3 Å². The average Bonchev–Trinajstić information content (AvgIpc) is 2.96. The minimum absolute atomic E-state index is 0.677. The second kappa shape index (κ2) is 5.31. The van der Waals surface area contributed by atoms with Crippen LogP contribution in [0.15, 0.2) is 42.6 Å². The molecule has 0 aliphatic heterocycles. The first-order valence-corrected chi connectivity index (χ1v) is 7.45. The molecule has 0 fully saturated rings. The molecular formula is C15H14ClN3S. The number of thiophene rings is 1. The summed E-state index contributed by atoms with van der Waals surface area (Å²) in [7, 11) is 0. The summed E-state index contributed by atoms with van der Waals surface area (Å²) in [4.78, 5) is 0.996. The Labute approximate surface area is 126 Å². The van der Waals surface area contributed by atoms with E-state index in [2.05, 4.69) is 36.3 Å². The van der Waals surface area contributed by atoms with E-state index in [1.165, 1.54) is 22.5 Å². The Morgan fingerprint density at radius 2 is 2.15 bits per heavy atom. The van der Waals surface area contributed by atoms with E-state index in [0.717, 1.165) is 14.9 Å². The summed E-state index contributed by atoms with van der Waals surface area (Å²) < 4.78 is 2.61. The Morgan fingerprint density at radius 1 is 1.30 bits per heavy atom. The zero-order valence-corrected chi connectivity index (χ0v) is 12.6. The highest BCUT2D eigenvalue weighted by molar-refractivity contribution is 7.19. The average molecular weight is 304 g/mol. The number of hydrogen-bond acceptors (Lipinski definition) is 3. The van der Waals surface area contributed by atoms with Gasteiger partial charge in [0.25, 0.3) is 0 Å². The van der Waals surface area contributed by atoms with Crippen molar-refractivity contribution in [2.45, 2.75) is 13.5 Å². The van der Waals surface area contributed by atoms with Crippen molar-refractivity contribution in [1.29, 1.82) is 0 Å². The summed E-state index contributed by atoms with van der Waals surface area (Å²) in [5.41, 5.74) is 9.98. The summed E-state index contributed by atoms with van der Waals surface area (Å²) in [5, 5.41) is 4.56. The van der Waals surface area contributed by atoms with E-state index < -0.39 is 0 Å². The molecule has 102 valence electrons. The third kappa shape index (κ3) is 2.71. The highest BCUT2D eigenvalue weighted by Gasteiger charge is 2.11. The summed E-state index contributed by atoms with van der Waals surface area (Å²) in [6, 6.07) is 12.2. The summed E-state index contributed by atoms with van der Waals surface area (Å²) >= 11 is 7.45. The monoisotopic (exact) mass is 303 g/mol. The van der Waals surface area contributed by atoms with Gasteiger partial charge in [-0.1, -0.05) is 41.4 Å². The minimum Gasteiger partial charge on any atom is -0.396 e. The Balaban J connectivity index is 1.89. The SMILES string of the molecule is Cc1cccc(Cn2cc(N)c(-c3ccc(Cl)s3)n2)c1. The van der Waals surface area contributed by atoms with E-state index in [9.17, 15) is 0 Å². The van der Waals surface area contributed by atoms with E-state index >= 15 is 0 Å². The smallest absolute Gasteiger partial charge is 0.125 e. The fourth-order valence-electron chi connectivity index (χ4n) is 2.15. The number of benzene rings is 1. The van der Waals surface area contributed by atoms with Crippen molar-refractivity contribution in [3.05, 3.63) is 58.1 Å². The quantitative estimate of drug-likeness (QED) is 0.788. The predicted molar refractivity (Wildman–Crippen MR) is 85.2 cm³/mol. The number of hydrogen-bond donors (Lipinski definition) is 1. The van der Waals surface area contributed by atoms with Crippen LogP contribution in [-0.4, -0.2) is 9.78 Å². The van der Waals surface area contributed by atoms with E-state index in [-0.39, 0.29) is 0 Å². The van der Waals surface area contributed by atoms with Crippen molar-refractivity contribution in [3.63, 3.8) is 0 Å². The topological polar surface area (TPSA) is 43.8 Å². The molecule has 5 heteroatoms. The van der Waals surface area contributed by atoms with Gasteiger partial charge in [-0.15, -0.1) is 11.3 Å². The maximum absolute atomic E-state index is 6.05. The summed E-state index contributed by atoms with van der Waals surface area (Å²) in [6.45, 7) is 2.80. The molecule has 0 bridgehead atoms. The number of nitrogen functional groups attached to an aromatic ring is 1. The molecule has 1 aromatic carbocycles. The Kier molecular flexibility index (Phi) is 3.51. The van der Waals surface area contributed by atoms with Gasteiger partial charge in [-0.2, -0.15) is 5.10 Å². The van der Waals surface area contributed by atoms with E-state index in [1.807, 2.05) is 23.0 Å². The van der Waals surface area contributed by atoms with Crippen LogP contribution in [0.3, 0.4) is 0 Å². The Bertz CT molecular complexity index is 745. The van der Waals surface area contributed by atoms with Gasteiger partial charge in [-0.3, -0.25) is 4.68 Å². The van der Waals surface area contributed by atoms with Crippen molar-refractivity contribution < 1.29 is 0 Å². The number of aromatic nitrogens is 2. The van der Waals surface area contributed by atoms with Gasteiger partial charge in [0, 0.05) is 6.20 Å². The molecule has 2 aromatic heterocycles. The molecule has 0 unspecified atom stereocenters. The molecule has 0 atom stereocenters. The van der Waals surface area contributed by atoms with Crippen molar-refractivity contribution in [3.8, 4) is 10.6 Å². The van der Waals surface area contributed by atoms with Crippen molar-refractivity contribution in [2.75, 3.05) is 5.73 Å². The molecule has 2 N–H and O–H groups in total. The minimum atomic E-state index is 0.677. The molecule has 0 saturated heterocycles. The lowest BCUT2D eigenvalue weighted by Crippen LogP contribution is -2.00. The first kappa shape index (κ1) is 13.2. The van der Waals surface area contributed by atoms with Crippen LogP contribution in [-0.2, 0) is 6.54 Å². The number of aryl methyl sites for hydroxylation is 1. The van der Waals surface area contributed by atoms with Crippen LogP contribution < -0.4 is 5.73 Å². The second-order valence-corrected chi connectivity index (χ2v) is 6.44. The van der Waals surface area contributed by atoms with Gasteiger partial charge in [-0.25, -0.2) is 0 Å². The highest BCUT2D eigenvalue weighted by Crippen LogP contribution is 2.33. The number of nitrogens with two attached hydrogens (primary N) is 1. The molecular weight excluding hydrogens is 290 g/mol. The van der Waals surface area contributed by atoms with Gasteiger partial charge in [0.2, 0.25) is 0 Å². The zero-order chi connectivity index (χ0) is 14.1. The number of halogens is 1. The number of rotatable bonds is 3. The summed E-state index contributed by atoms with van der Waals surface area (Å²) in [5.74, 6) is 0. The molecule has 20 heavy (non-hydrogen) atoms. The maximum Gasteiger partial charge on any atom is 0.125 e. The van der Waals surface area contributed by atoms with Crippen LogP contribution in [0.1, 0.15) is 11.1 Å². The van der Waals surface area contributed by atoms with E-state index in [0.29, 0.717) is 12.2 Å². The van der Waals surface area contributed by atoms with Gasteiger partial charge in [0.05, 0.1) is 21.4 Å². The van der Waals surface area contributed by atoms with Gasteiger partial charge < -0.3 is 5.73 Å². The van der Waals surface area contributed by atoms with Crippen molar-refractivity contribution in [1.82, 2.24) is 9.78 Å². The molecule has 0 radical (unpaired) electrons. The molecule has 0 aliphatic carbocycles. The molecule has 0 amide bonds. The standard InChI is InChI=1S/C15H14ClN3S/c1-10-3-2-4-11(7-10)8-19-9-12(17)15(18-19)13-5-6-14(16)20-13/h2-7,9H,8,17H2,1H3. The third-order valence-corrected chi connectivity index (χ3v) is 4.26. The predicted octanol–water partition coefficient (Wildman–Crippen LogP) is 4.20. The van der Waals surface area contributed by atoms with Crippen molar-refractivity contribution in [2.24, 2.45) is 0 Å². The molecule has 3 rings (SSSR count). The first-order chi connectivity index (χ1) is 9.61. The lowest BCUT2D eigenvalue weighted by Gasteiger charge is -2.02. The second-order valence-electron chi connectivity index (χ2n) is 4.72. The normalized spacial score (nSPS) is 10.9. The Morgan fingerprint density at radius 3 is 2.85 bits per heavy atom. The van der Waals surface area contributed by atoms with Crippen molar-refractivity contribution >= 4 is 28.6 Å². The van der Waals surface area contributed by atoms with Crippen LogP contribution >= 0.6 is 22.9 Å². The van der Waals surface area contributed by atoms with Gasteiger partial charge in [0.15, 0.2) is 0 Å².